The molecule has 6 nitrogen and oxygen atoms in total. The van der Waals surface area contributed by atoms with Gasteiger partial charge < -0.3 is 20.8 Å². The fraction of sp³-hybridized carbons (Fsp3) is 0.889. The van der Waals surface area contributed by atoms with Crippen LogP contribution in [-0.2, 0) is 4.79 Å². The Labute approximate surface area is 144 Å². The van der Waals surface area contributed by atoms with Crippen LogP contribution in [0.15, 0.2) is 0 Å². The van der Waals surface area contributed by atoms with E-state index in [9.17, 15) is 20.3 Å². The molecule has 6 rings (SSSR count). The molecule has 6 aliphatic rings. The fourth-order valence-corrected chi connectivity index (χ4v) is 6.77. The van der Waals surface area contributed by atoms with Gasteiger partial charge in [-0.1, -0.05) is 0 Å². The lowest BCUT2D eigenvalue weighted by atomic mass is 9.44. The highest BCUT2D eigenvalue weighted by atomic mass is 16.3. The van der Waals surface area contributed by atoms with Gasteiger partial charge in [-0.05, 0) is 56.7 Å². The van der Waals surface area contributed by atoms with Gasteiger partial charge in [-0.15, -0.1) is 0 Å². The summed E-state index contributed by atoms with van der Waals surface area (Å²) in [7, 11) is 0. The van der Waals surface area contributed by atoms with Crippen molar-refractivity contribution in [3.63, 3.8) is 0 Å². The first-order valence-corrected chi connectivity index (χ1v) is 8.95. The molecule has 8 atom stereocenters. The maximum Gasteiger partial charge on any atom is 0.241 e. The smallest absolute Gasteiger partial charge is 0.241 e. The minimum Gasteiger partial charge on any atom is -0.390 e. The third-order valence-electron chi connectivity index (χ3n) is 7.15. The van der Waals surface area contributed by atoms with Gasteiger partial charge in [0.1, 0.15) is 6.04 Å². The Kier molecular flexibility index (Phi) is 2.36. The Morgan fingerprint density at radius 1 is 1.29 bits per heavy atom. The van der Waals surface area contributed by atoms with Crippen molar-refractivity contribution in [2.75, 3.05) is 0 Å². The molecule has 0 aromatic rings. The van der Waals surface area contributed by atoms with E-state index in [2.05, 4.69) is 6.07 Å². The van der Waals surface area contributed by atoms with Gasteiger partial charge in [-0.25, -0.2) is 0 Å². The summed E-state index contributed by atoms with van der Waals surface area (Å²) in [5.41, 5.74) is 3.85. The Balaban J connectivity index is 1.46. The molecular formula is C18H25N3O3. The highest BCUT2D eigenvalue weighted by molar-refractivity contribution is 5.84. The van der Waals surface area contributed by atoms with E-state index < -0.39 is 41.1 Å². The van der Waals surface area contributed by atoms with Crippen molar-refractivity contribution in [3.05, 3.63) is 0 Å². The van der Waals surface area contributed by atoms with E-state index in [1.165, 1.54) is 4.90 Å². The summed E-state index contributed by atoms with van der Waals surface area (Å²) < 4.78 is 16.0. The Hall–Kier alpha value is -1.16. The number of nitriles is 1. The minimum atomic E-state index is -1.44. The number of aliphatic hydroxyl groups is 2. The molecule has 0 aromatic carbocycles. The zero-order valence-electron chi connectivity index (χ0n) is 15.6. The summed E-state index contributed by atoms with van der Waals surface area (Å²) in [6.07, 6.45) is 2.06. The van der Waals surface area contributed by atoms with Gasteiger partial charge in [0.15, 0.2) is 0 Å². The lowest BCUT2D eigenvalue weighted by Gasteiger charge is -2.64. The van der Waals surface area contributed by atoms with Crippen LogP contribution in [-0.4, -0.2) is 50.3 Å². The molecular weight excluding hydrogens is 307 g/mol. The average Bonchev–Trinajstić information content (AvgIpc) is 2.88. The summed E-state index contributed by atoms with van der Waals surface area (Å²) in [6, 6.07) is 0.00381. The van der Waals surface area contributed by atoms with E-state index in [0.29, 0.717) is 44.9 Å². The van der Waals surface area contributed by atoms with Gasteiger partial charge in [0, 0.05) is 20.6 Å². The molecule has 1 heterocycles. The monoisotopic (exact) mass is 334 g/mol. The number of fused-ring (bicyclic) bond motifs is 1. The predicted molar refractivity (Wildman–Crippen MR) is 84.3 cm³/mol. The van der Waals surface area contributed by atoms with E-state index in [-0.39, 0.29) is 17.7 Å². The number of likely N-dealkylation sites (tertiary alicyclic amines) is 1. The maximum absolute atomic E-state index is 13.3. The van der Waals surface area contributed by atoms with E-state index in [1.807, 2.05) is 0 Å². The van der Waals surface area contributed by atoms with Crippen LogP contribution in [0.4, 0.5) is 0 Å². The van der Waals surface area contributed by atoms with E-state index in [0.717, 1.165) is 0 Å². The summed E-state index contributed by atoms with van der Waals surface area (Å²) in [5, 5.41) is 31.2. The second-order valence-electron chi connectivity index (χ2n) is 9.14. The summed E-state index contributed by atoms with van der Waals surface area (Å²) in [6.45, 7) is 0. The van der Waals surface area contributed by atoms with Gasteiger partial charge in [0.05, 0.1) is 23.3 Å². The van der Waals surface area contributed by atoms with E-state index >= 15 is 0 Å². The Morgan fingerprint density at radius 3 is 2.54 bits per heavy atom. The lowest BCUT2D eigenvalue weighted by Crippen LogP contribution is -2.69. The number of piperidine rings is 1. The Bertz CT molecular complexity index is 720. The number of carbonyl (C=O) groups is 1. The molecule has 2 unspecified atom stereocenters. The molecule has 1 amide bonds. The van der Waals surface area contributed by atoms with E-state index in [4.69, 9.17) is 8.48 Å². The molecule has 5 aliphatic carbocycles. The van der Waals surface area contributed by atoms with Crippen molar-refractivity contribution in [2.45, 2.75) is 80.6 Å². The number of carbonyl (C=O) groups excluding carboxylic acids is 1. The van der Waals surface area contributed by atoms with Crippen LogP contribution in [0, 0.1) is 28.6 Å². The standard InChI is InChI=1S/C18H25N3O3/c19-6-12-1-11-2-13(11)21(12)15(22)14(20)16-3-10-4-17(23,7-16)9-18(24,5-10)8-16/h10-14,23-24H,1-5,7-9,20H2/t10?,11-,12+,13+,14-,16?,17-,18+/m1/s1/i2+1D2. The molecule has 0 aromatic heterocycles. The zero-order valence-corrected chi connectivity index (χ0v) is 13.6. The SMILES string of the molecule is [2H][13C]1([2H])[C@H]2C[C@@H](C#N)N(C(=O)[C@@H](N)C34CC5C[C@@](O)(C3)C[C@](O)(C5)C4)[C@H]21. The molecule has 6 fully saturated rings. The number of nitrogens with zero attached hydrogens (tertiary/aromatic N) is 2. The van der Waals surface area contributed by atoms with Gasteiger partial charge in [-0.3, -0.25) is 4.79 Å². The molecule has 4 bridgehead atoms. The van der Waals surface area contributed by atoms with Crippen LogP contribution < -0.4 is 5.73 Å². The molecule has 1 aliphatic heterocycles. The third kappa shape index (κ3) is 1.89. The zero-order chi connectivity index (χ0) is 18.7. The third-order valence-corrected chi connectivity index (χ3v) is 7.15. The first-order chi connectivity index (χ1) is 12.0. The maximum atomic E-state index is 13.3. The van der Waals surface area contributed by atoms with Gasteiger partial charge in [-0.2, -0.15) is 5.26 Å². The lowest BCUT2D eigenvalue weighted by molar-refractivity contribution is -0.234. The van der Waals surface area contributed by atoms with Crippen LogP contribution in [0.1, 0.15) is 54.1 Å². The van der Waals surface area contributed by atoms with Gasteiger partial charge in [0.25, 0.3) is 0 Å². The number of amides is 1. The second-order valence-corrected chi connectivity index (χ2v) is 9.14. The normalized spacial score (nSPS) is 58.5. The summed E-state index contributed by atoms with van der Waals surface area (Å²) in [4.78, 5) is 14.7. The van der Waals surface area contributed by atoms with Gasteiger partial charge >= 0.3 is 0 Å². The molecule has 5 saturated carbocycles. The molecule has 24 heavy (non-hydrogen) atoms. The van der Waals surface area contributed by atoms with Crippen molar-refractivity contribution in [2.24, 2.45) is 23.0 Å². The number of hydrogen-bond acceptors (Lipinski definition) is 5. The molecule has 0 spiro atoms. The Morgan fingerprint density at radius 2 is 1.96 bits per heavy atom. The molecule has 1 saturated heterocycles. The van der Waals surface area contributed by atoms with E-state index in [1.54, 1.807) is 0 Å². The van der Waals surface area contributed by atoms with Crippen molar-refractivity contribution in [1.29, 1.82) is 5.26 Å². The molecule has 0 radical (unpaired) electrons. The molecule has 130 valence electrons. The van der Waals surface area contributed by atoms with Crippen LogP contribution in [0.3, 0.4) is 0 Å². The van der Waals surface area contributed by atoms with Crippen molar-refractivity contribution < 1.29 is 17.7 Å². The first-order valence-electron chi connectivity index (χ1n) is 9.95. The van der Waals surface area contributed by atoms with Crippen LogP contribution >= 0.6 is 0 Å². The topological polar surface area (TPSA) is 111 Å². The number of hydrogen-bond donors (Lipinski definition) is 3. The van der Waals surface area contributed by atoms with Crippen LogP contribution in [0.25, 0.3) is 0 Å². The quantitative estimate of drug-likeness (QED) is 0.628. The van der Waals surface area contributed by atoms with Crippen molar-refractivity contribution in [3.8, 4) is 6.07 Å². The highest BCUT2D eigenvalue weighted by Crippen LogP contribution is 2.64. The number of nitrogens with two attached hydrogens (primary N) is 1. The minimum absolute atomic E-state index is 0.158. The molecule has 6 heteroatoms. The van der Waals surface area contributed by atoms with Gasteiger partial charge in [0.2, 0.25) is 5.91 Å². The predicted octanol–water partition coefficient (Wildman–Crippen LogP) is 0.273. The fourth-order valence-electron chi connectivity index (χ4n) is 6.77. The largest absolute Gasteiger partial charge is 0.390 e. The average molecular weight is 334 g/mol. The molecule has 4 N–H and O–H groups in total. The second kappa shape index (κ2) is 4.32. The number of rotatable bonds is 2. The first kappa shape index (κ1) is 13.1. The summed E-state index contributed by atoms with van der Waals surface area (Å²) >= 11 is 0. The highest BCUT2D eigenvalue weighted by Gasteiger charge is 2.66. The summed E-state index contributed by atoms with van der Waals surface area (Å²) in [5.74, 6) is -0.516. The van der Waals surface area contributed by atoms with Crippen molar-refractivity contribution in [1.82, 2.24) is 4.90 Å². The van der Waals surface area contributed by atoms with Crippen molar-refractivity contribution >= 4 is 5.91 Å². The van der Waals surface area contributed by atoms with Crippen LogP contribution in [0.2, 0.25) is 0 Å². The van der Waals surface area contributed by atoms with Crippen LogP contribution in [0.5, 0.6) is 0 Å².